The largest absolute Gasteiger partial charge is 0.355 e. The zero-order valence-corrected chi connectivity index (χ0v) is 13.3. The SMILES string of the molecule is C#CCN(CC(=O)NCC1CCCCC1)C1CCCCC1. The van der Waals surface area contributed by atoms with Gasteiger partial charge in [-0.1, -0.05) is 44.4 Å². The van der Waals surface area contributed by atoms with Gasteiger partial charge < -0.3 is 5.32 Å². The van der Waals surface area contributed by atoms with E-state index in [1.807, 2.05) is 0 Å². The first-order chi connectivity index (χ1) is 10.3. The molecule has 0 spiro atoms. The maximum atomic E-state index is 12.2. The summed E-state index contributed by atoms with van der Waals surface area (Å²) < 4.78 is 0. The van der Waals surface area contributed by atoms with Crippen LogP contribution in [0.1, 0.15) is 64.2 Å². The highest BCUT2D eigenvalue weighted by Crippen LogP contribution is 2.23. The van der Waals surface area contributed by atoms with Gasteiger partial charge in [-0.05, 0) is 31.6 Å². The lowest BCUT2D eigenvalue weighted by atomic mass is 9.89. The van der Waals surface area contributed by atoms with Gasteiger partial charge in [0.05, 0.1) is 13.1 Å². The minimum atomic E-state index is 0.154. The smallest absolute Gasteiger partial charge is 0.234 e. The summed E-state index contributed by atoms with van der Waals surface area (Å²) in [5.74, 6) is 3.57. The average Bonchev–Trinajstić information content (AvgIpc) is 2.54. The number of nitrogens with one attached hydrogen (secondary N) is 1. The number of hydrogen-bond donors (Lipinski definition) is 1. The van der Waals surface area contributed by atoms with Crippen molar-refractivity contribution in [2.75, 3.05) is 19.6 Å². The normalized spacial score (nSPS) is 21.1. The van der Waals surface area contributed by atoms with E-state index in [-0.39, 0.29) is 5.91 Å². The summed E-state index contributed by atoms with van der Waals surface area (Å²) in [6.07, 6.45) is 18.3. The lowest BCUT2D eigenvalue weighted by Crippen LogP contribution is -2.44. The maximum Gasteiger partial charge on any atom is 0.234 e. The number of nitrogens with zero attached hydrogens (tertiary/aromatic N) is 1. The minimum absolute atomic E-state index is 0.154. The monoisotopic (exact) mass is 290 g/mol. The van der Waals surface area contributed by atoms with Gasteiger partial charge in [-0.2, -0.15) is 0 Å². The second-order valence-corrected chi connectivity index (χ2v) is 6.71. The molecule has 118 valence electrons. The van der Waals surface area contributed by atoms with Gasteiger partial charge in [-0.15, -0.1) is 6.42 Å². The van der Waals surface area contributed by atoms with Gasteiger partial charge in [0.2, 0.25) is 5.91 Å². The Labute approximate surface area is 129 Å². The Bertz CT molecular complexity index is 349. The molecular weight excluding hydrogens is 260 g/mol. The Kier molecular flexibility index (Phi) is 7.09. The molecule has 2 aliphatic carbocycles. The van der Waals surface area contributed by atoms with Crippen molar-refractivity contribution in [2.45, 2.75) is 70.3 Å². The topological polar surface area (TPSA) is 32.3 Å². The summed E-state index contributed by atoms with van der Waals surface area (Å²) in [7, 11) is 0. The van der Waals surface area contributed by atoms with Gasteiger partial charge in [0.1, 0.15) is 0 Å². The Balaban J connectivity index is 1.73. The minimum Gasteiger partial charge on any atom is -0.355 e. The quantitative estimate of drug-likeness (QED) is 0.763. The molecule has 3 nitrogen and oxygen atoms in total. The summed E-state index contributed by atoms with van der Waals surface area (Å²) in [6, 6.07) is 0.509. The van der Waals surface area contributed by atoms with Gasteiger partial charge in [-0.3, -0.25) is 9.69 Å². The Morgan fingerprint density at radius 2 is 1.67 bits per heavy atom. The standard InChI is InChI=1S/C18H30N2O/c1-2-13-20(17-11-7-4-8-12-17)15-18(21)19-14-16-9-5-3-6-10-16/h1,16-17H,3-15H2,(H,19,21). The summed E-state index contributed by atoms with van der Waals surface area (Å²) in [4.78, 5) is 14.4. The lowest BCUT2D eigenvalue weighted by Gasteiger charge is -2.32. The first kappa shape index (κ1) is 16.4. The molecule has 1 N–H and O–H groups in total. The zero-order valence-electron chi connectivity index (χ0n) is 13.3. The molecule has 0 radical (unpaired) electrons. The van der Waals surface area contributed by atoms with Gasteiger partial charge in [0.15, 0.2) is 0 Å². The molecule has 0 heterocycles. The van der Waals surface area contributed by atoms with Crippen molar-refractivity contribution in [3.63, 3.8) is 0 Å². The highest BCUT2D eigenvalue weighted by Gasteiger charge is 2.22. The van der Waals surface area contributed by atoms with Gasteiger partial charge in [0.25, 0.3) is 0 Å². The van der Waals surface area contributed by atoms with E-state index in [4.69, 9.17) is 6.42 Å². The van der Waals surface area contributed by atoms with Crippen LogP contribution in [0.25, 0.3) is 0 Å². The molecule has 2 saturated carbocycles. The van der Waals surface area contributed by atoms with E-state index in [2.05, 4.69) is 16.1 Å². The second kappa shape index (κ2) is 9.10. The molecule has 0 aromatic carbocycles. The van der Waals surface area contributed by atoms with Crippen molar-refractivity contribution in [2.24, 2.45) is 5.92 Å². The number of amides is 1. The van der Waals surface area contributed by atoms with Crippen molar-refractivity contribution in [3.05, 3.63) is 0 Å². The molecule has 2 fully saturated rings. The highest BCUT2D eigenvalue weighted by atomic mass is 16.2. The number of carbonyl (C=O) groups excluding carboxylic acids is 1. The lowest BCUT2D eigenvalue weighted by molar-refractivity contribution is -0.123. The number of carbonyl (C=O) groups is 1. The van der Waals surface area contributed by atoms with Crippen LogP contribution in [-0.2, 0) is 4.79 Å². The summed E-state index contributed by atoms with van der Waals surface area (Å²) in [5.41, 5.74) is 0. The van der Waals surface area contributed by atoms with Crippen molar-refractivity contribution in [1.29, 1.82) is 0 Å². The number of hydrogen-bond acceptors (Lipinski definition) is 2. The molecule has 0 bridgehead atoms. The van der Waals surface area contributed by atoms with Gasteiger partial charge >= 0.3 is 0 Å². The predicted molar refractivity (Wildman–Crippen MR) is 86.9 cm³/mol. The molecule has 0 aliphatic heterocycles. The van der Waals surface area contributed by atoms with E-state index in [1.165, 1.54) is 64.2 Å². The maximum absolute atomic E-state index is 12.2. The molecule has 21 heavy (non-hydrogen) atoms. The van der Waals surface area contributed by atoms with Crippen LogP contribution in [0.15, 0.2) is 0 Å². The van der Waals surface area contributed by atoms with E-state index in [0.717, 1.165) is 6.54 Å². The second-order valence-electron chi connectivity index (χ2n) is 6.71. The van der Waals surface area contributed by atoms with Crippen LogP contribution in [0.2, 0.25) is 0 Å². The van der Waals surface area contributed by atoms with Crippen LogP contribution >= 0.6 is 0 Å². The molecule has 2 rings (SSSR count). The molecule has 3 heteroatoms. The van der Waals surface area contributed by atoms with E-state index < -0.39 is 0 Å². The van der Waals surface area contributed by atoms with Gasteiger partial charge in [0, 0.05) is 12.6 Å². The van der Waals surface area contributed by atoms with Crippen molar-refractivity contribution in [1.82, 2.24) is 10.2 Å². The number of rotatable bonds is 6. The molecular formula is C18H30N2O. The molecule has 0 saturated heterocycles. The zero-order chi connectivity index (χ0) is 14.9. The van der Waals surface area contributed by atoms with E-state index in [1.54, 1.807) is 0 Å². The van der Waals surface area contributed by atoms with Crippen LogP contribution in [0.3, 0.4) is 0 Å². The summed E-state index contributed by atoms with van der Waals surface area (Å²) in [6.45, 7) is 1.93. The summed E-state index contributed by atoms with van der Waals surface area (Å²) >= 11 is 0. The third-order valence-corrected chi connectivity index (χ3v) is 5.04. The fourth-order valence-corrected chi connectivity index (χ4v) is 3.77. The Hall–Kier alpha value is -1.01. The number of terminal acetylenes is 1. The first-order valence-corrected chi connectivity index (χ1v) is 8.74. The van der Waals surface area contributed by atoms with E-state index >= 15 is 0 Å². The van der Waals surface area contributed by atoms with Crippen LogP contribution in [0.4, 0.5) is 0 Å². The molecule has 0 atom stereocenters. The third-order valence-electron chi connectivity index (χ3n) is 5.04. The summed E-state index contributed by atoms with van der Waals surface area (Å²) in [5, 5.41) is 3.13. The predicted octanol–water partition coefficient (Wildman–Crippen LogP) is 2.95. The highest BCUT2D eigenvalue weighted by molar-refractivity contribution is 5.78. The van der Waals surface area contributed by atoms with Crippen LogP contribution in [0, 0.1) is 18.3 Å². The molecule has 1 amide bonds. The Morgan fingerprint density at radius 3 is 2.29 bits per heavy atom. The molecule has 2 aliphatic rings. The average molecular weight is 290 g/mol. The van der Waals surface area contributed by atoms with Crippen LogP contribution < -0.4 is 5.32 Å². The van der Waals surface area contributed by atoms with E-state index in [9.17, 15) is 4.79 Å². The van der Waals surface area contributed by atoms with Gasteiger partial charge in [-0.25, -0.2) is 0 Å². The molecule has 0 aromatic rings. The third kappa shape index (κ3) is 5.71. The fourth-order valence-electron chi connectivity index (χ4n) is 3.77. The molecule has 0 aromatic heterocycles. The van der Waals surface area contributed by atoms with E-state index in [0.29, 0.717) is 25.0 Å². The first-order valence-electron chi connectivity index (χ1n) is 8.74. The Morgan fingerprint density at radius 1 is 1.05 bits per heavy atom. The molecule has 0 unspecified atom stereocenters. The van der Waals surface area contributed by atoms with Crippen molar-refractivity contribution in [3.8, 4) is 12.3 Å². The van der Waals surface area contributed by atoms with Crippen LogP contribution in [-0.4, -0.2) is 36.5 Å². The fraction of sp³-hybridized carbons (Fsp3) is 0.833. The van der Waals surface area contributed by atoms with Crippen molar-refractivity contribution < 1.29 is 4.79 Å². The van der Waals surface area contributed by atoms with Crippen molar-refractivity contribution >= 4 is 5.91 Å². The van der Waals surface area contributed by atoms with Crippen LogP contribution in [0.5, 0.6) is 0 Å².